The minimum atomic E-state index is 0.0148. The molecule has 0 unspecified atom stereocenters. The summed E-state index contributed by atoms with van der Waals surface area (Å²) in [4.78, 5) is 11.4. The molecule has 0 heterocycles. The summed E-state index contributed by atoms with van der Waals surface area (Å²) in [6.45, 7) is 10.9. The third-order valence-electron chi connectivity index (χ3n) is 1.99. The average Bonchev–Trinajstić information content (AvgIpc) is 2.01. The van der Waals surface area contributed by atoms with Gasteiger partial charge in [-0.05, 0) is 38.8 Å². The van der Waals surface area contributed by atoms with Crippen molar-refractivity contribution in [1.82, 2.24) is 0 Å². The van der Waals surface area contributed by atoms with Gasteiger partial charge in [-0.1, -0.05) is 18.2 Å². The lowest BCUT2D eigenvalue weighted by molar-refractivity contribution is -0.113. The Balaban J connectivity index is 5.23. The van der Waals surface area contributed by atoms with Crippen molar-refractivity contribution in [3.8, 4) is 6.07 Å². The van der Waals surface area contributed by atoms with Crippen molar-refractivity contribution in [1.29, 1.82) is 5.26 Å². The molecule has 0 fully saturated rings. The predicted molar refractivity (Wildman–Crippen MR) is 62.2 cm³/mol. The van der Waals surface area contributed by atoms with Gasteiger partial charge in [-0.2, -0.15) is 5.26 Å². The van der Waals surface area contributed by atoms with E-state index in [0.29, 0.717) is 12.0 Å². The zero-order chi connectivity index (χ0) is 12.0. The number of carbonyl (C=O) groups is 1. The zero-order valence-electron chi connectivity index (χ0n) is 9.85. The molecule has 0 aliphatic rings. The van der Waals surface area contributed by atoms with E-state index in [0.717, 1.165) is 16.7 Å². The van der Waals surface area contributed by atoms with Crippen LogP contribution in [0, 0.1) is 11.3 Å². The highest BCUT2D eigenvalue weighted by molar-refractivity contribution is 5.98. The van der Waals surface area contributed by atoms with Crippen LogP contribution < -0.4 is 0 Å². The van der Waals surface area contributed by atoms with E-state index in [1.807, 2.05) is 26.8 Å². The molecule has 0 atom stereocenters. The number of rotatable bonds is 4. The smallest absolute Gasteiger partial charge is 0.160 e. The van der Waals surface area contributed by atoms with Crippen molar-refractivity contribution in [2.24, 2.45) is 0 Å². The fourth-order valence-electron chi connectivity index (χ4n) is 1.53. The van der Waals surface area contributed by atoms with E-state index >= 15 is 0 Å². The van der Waals surface area contributed by atoms with Crippen LogP contribution in [0.1, 0.15) is 34.1 Å². The molecule has 2 heteroatoms. The summed E-state index contributed by atoms with van der Waals surface area (Å²) in [6, 6.07) is 2.07. The lowest BCUT2D eigenvalue weighted by atomic mass is 9.98. The molecule has 0 spiro atoms. The molecule has 0 rings (SSSR count). The van der Waals surface area contributed by atoms with E-state index in [2.05, 4.69) is 12.6 Å². The van der Waals surface area contributed by atoms with Gasteiger partial charge >= 0.3 is 0 Å². The molecule has 80 valence electrons. The van der Waals surface area contributed by atoms with E-state index < -0.39 is 0 Å². The number of hydrogen-bond donors (Lipinski definition) is 0. The van der Waals surface area contributed by atoms with Crippen LogP contribution in [-0.2, 0) is 4.79 Å². The molecular weight excluding hydrogens is 186 g/mol. The number of carbonyl (C=O) groups excluding carboxylic acids is 1. The topological polar surface area (TPSA) is 40.9 Å². The molecule has 15 heavy (non-hydrogen) atoms. The standard InChI is InChI=1S/C13H17NO/c1-9(2)13(12(5)15)11(4)8-10(3)6-7-14/h8H,1,6H2,2-5H3/b10-8+,13-11+. The van der Waals surface area contributed by atoms with Gasteiger partial charge in [0, 0.05) is 5.57 Å². The number of Topliss-reactive ketones (excluding diaryl/α,β-unsaturated/α-hetero) is 1. The average molecular weight is 203 g/mol. The summed E-state index contributed by atoms with van der Waals surface area (Å²) in [6.07, 6.45) is 2.26. The van der Waals surface area contributed by atoms with Crippen LogP contribution in [0.25, 0.3) is 0 Å². The van der Waals surface area contributed by atoms with Crippen molar-refractivity contribution in [3.05, 3.63) is 34.9 Å². The fourth-order valence-corrected chi connectivity index (χ4v) is 1.53. The maximum absolute atomic E-state index is 11.4. The summed E-state index contributed by atoms with van der Waals surface area (Å²) < 4.78 is 0. The second-order valence-corrected chi connectivity index (χ2v) is 3.72. The van der Waals surface area contributed by atoms with Gasteiger partial charge in [0.25, 0.3) is 0 Å². The molecule has 0 N–H and O–H groups in total. The first-order valence-corrected chi connectivity index (χ1v) is 4.82. The van der Waals surface area contributed by atoms with Crippen LogP contribution >= 0.6 is 0 Å². The quantitative estimate of drug-likeness (QED) is 0.519. The molecule has 0 saturated carbocycles. The first-order valence-electron chi connectivity index (χ1n) is 4.82. The first kappa shape index (κ1) is 13.4. The summed E-state index contributed by atoms with van der Waals surface area (Å²) in [7, 11) is 0. The zero-order valence-corrected chi connectivity index (χ0v) is 9.85. The normalized spacial score (nSPS) is 12.9. The SMILES string of the molecule is C=C(C)/C(C(C)=O)=C(C)\C=C(/C)CC#N. The van der Waals surface area contributed by atoms with Gasteiger partial charge in [-0.25, -0.2) is 0 Å². The van der Waals surface area contributed by atoms with Crippen LogP contribution in [-0.4, -0.2) is 5.78 Å². The minimum absolute atomic E-state index is 0.0148. The Morgan fingerprint density at radius 3 is 2.20 bits per heavy atom. The number of nitrogens with zero attached hydrogens (tertiary/aromatic N) is 1. The van der Waals surface area contributed by atoms with E-state index in [1.54, 1.807) is 0 Å². The largest absolute Gasteiger partial charge is 0.294 e. The Morgan fingerprint density at radius 2 is 1.87 bits per heavy atom. The summed E-state index contributed by atoms with van der Waals surface area (Å²) in [5.74, 6) is 0.0148. The lowest BCUT2D eigenvalue weighted by Crippen LogP contribution is -2.00. The molecule has 0 saturated heterocycles. The van der Waals surface area contributed by atoms with Gasteiger partial charge in [0.15, 0.2) is 5.78 Å². The first-order chi connectivity index (χ1) is 6.90. The molecular formula is C13H17NO. The fraction of sp³-hybridized carbons (Fsp3) is 0.385. The van der Waals surface area contributed by atoms with Crippen LogP contribution in [0.15, 0.2) is 34.9 Å². The Kier molecular flexibility index (Phi) is 5.33. The van der Waals surface area contributed by atoms with Gasteiger partial charge in [0.2, 0.25) is 0 Å². The maximum atomic E-state index is 11.4. The van der Waals surface area contributed by atoms with Crippen LogP contribution in [0.5, 0.6) is 0 Å². The van der Waals surface area contributed by atoms with Gasteiger partial charge in [-0.3, -0.25) is 4.79 Å². The highest BCUT2D eigenvalue weighted by Gasteiger charge is 2.07. The van der Waals surface area contributed by atoms with E-state index in [-0.39, 0.29) is 5.78 Å². The van der Waals surface area contributed by atoms with Crippen LogP contribution in [0.3, 0.4) is 0 Å². The van der Waals surface area contributed by atoms with Crippen molar-refractivity contribution in [2.45, 2.75) is 34.1 Å². The summed E-state index contributed by atoms with van der Waals surface area (Å²) in [5.41, 5.74) is 3.26. The highest BCUT2D eigenvalue weighted by atomic mass is 16.1. The van der Waals surface area contributed by atoms with E-state index in [1.165, 1.54) is 6.92 Å². The predicted octanol–water partition coefficient (Wildman–Crippen LogP) is 3.33. The number of nitriles is 1. The second-order valence-electron chi connectivity index (χ2n) is 3.72. The number of allylic oxidation sites excluding steroid dienone is 5. The maximum Gasteiger partial charge on any atom is 0.160 e. The lowest BCUT2D eigenvalue weighted by Gasteiger charge is -2.06. The molecule has 0 aliphatic heterocycles. The molecule has 0 aromatic rings. The van der Waals surface area contributed by atoms with Crippen molar-refractivity contribution in [3.63, 3.8) is 0 Å². The Bertz CT molecular complexity index is 362. The second kappa shape index (κ2) is 5.98. The number of hydrogen-bond acceptors (Lipinski definition) is 2. The van der Waals surface area contributed by atoms with Crippen LogP contribution in [0.4, 0.5) is 0 Å². The van der Waals surface area contributed by atoms with Gasteiger partial charge in [0.1, 0.15) is 0 Å². The van der Waals surface area contributed by atoms with Crippen molar-refractivity contribution in [2.75, 3.05) is 0 Å². The van der Waals surface area contributed by atoms with Gasteiger partial charge < -0.3 is 0 Å². The molecule has 0 amide bonds. The minimum Gasteiger partial charge on any atom is -0.294 e. The Labute approximate surface area is 91.6 Å². The molecule has 0 radical (unpaired) electrons. The molecule has 0 aromatic heterocycles. The van der Waals surface area contributed by atoms with Gasteiger partial charge in [-0.15, -0.1) is 0 Å². The Hall–Kier alpha value is -1.62. The third-order valence-corrected chi connectivity index (χ3v) is 1.99. The molecule has 0 aromatic carbocycles. The molecule has 2 nitrogen and oxygen atoms in total. The van der Waals surface area contributed by atoms with E-state index in [9.17, 15) is 4.79 Å². The number of ketones is 1. The third kappa shape index (κ3) is 4.42. The highest BCUT2D eigenvalue weighted by Crippen LogP contribution is 2.17. The van der Waals surface area contributed by atoms with E-state index in [4.69, 9.17) is 5.26 Å². The monoisotopic (exact) mass is 203 g/mol. The Morgan fingerprint density at radius 1 is 1.33 bits per heavy atom. The summed E-state index contributed by atoms with van der Waals surface area (Å²) in [5, 5.41) is 8.52. The molecule has 0 bridgehead atoms. The van der Waals surface area contributed by atoms with Crippen molar-refractivity contribution < 1.29 is 4.79 Å². The van der Waals surface area contributed by atoms with Gasteiger partial charge in [0.05, 0.1) is 12.5 Å². The van der Waals surface area contributed by atoms with Crippen molar-refractivity contribution >= 4 is 5.78 Å². The van der Waals surface area contributed by atoms with Crippen LogP contribution in [0.2, 0.25) is 0 Å². The molecule has 0 aliphatic carbocycles. The summed E-state index contributed by atoms with van der Waals surface area (Å²) >= 11 is 0.